The zero-order valence-corrected chi connectivity index (χ0v) is 32.0. The molecule has 0 amide bonds. The molecule has 1 radical (unpaired) electrons. The maximum absolute atomic E-state index is 11.7. The molecule has 0 saturated heterocycles. The van der Waals surface area contributed by atoms with Gasteiger partial charge in [-0.15, -0.1) is 5.56 Å². The number of hydrogen-bond acceptors (Lipinski definition) is 3. The number of nitrogens with zero attached hydrogens (tertiary/aromatic N) is 3. The summed E-state index contributed by atoms with van der Waals surface area (Å²) in [6.45, 7) is 17.1. The summed E-state index contributed by atoms with van der Waals surface area (Å²) in [6, 6.07) is 20.2. The molecule has 48 heavy (non-hydrogen) atoms. The number of allylic oxidation sites excluding steroid dienone is 2. The summed E-state index contributed by atoms with van der Waals surface area (Å²) in [6.07, 6.45) is 11.5. The van der Waals surface area contributed by atoms with Gasteiger partial charge in [0.25, 0.3) is 0 Å². The third-order valence-corrected chi connectivity index (χ3v) is 9.87. The van der Waals surface area contributed by atoms with Gasteiger partial charge < -0.3 is 13.9 Å². The molecular formula is C42H48IrN3O2-. The Kier molecular flexibility index (Phi) is 10.4. The molecule has 0 aliphatic heterocycles. The third-order valence-electron chi connectivity index (χ3n) is 9.87. The van der Waals surface area contributed by atoms with Crippen LogP contribution in [0.5, 0.6) is 0 Å². The van der Waals surface area contributed by atoms with Crippen LogP contribution in [-0.2, 0) is 31.3 Å². The number of benzene rings is 3. The number of fused-ring (bicyclic) bond motifs is 7. The molecule has 0 aliphatic carbocycles. The Labute approximate surface area is 297 Å². The first kappa shape index (κ1) is 35.6. The average molecular weight is 819 g/mol. The minimum absolute atomic E-state index is 0. The maximum Gasteiger partial charge on any atom is 0.162 e. The molecule has 4 aromatic heterocycles. The summed E-state index contributed by atoms with van der Waals surface area (Å²) >= 11 is 0. The Morgan fingerprint density at radius 3 is 2.23 bits per heavy atom. The van der Waals surface area contributed by atoms with Crippen LogP contribution >= 0.6 is 0 Å². The van der Waals surface area contributed by atoms with E-state index in [0.717, 1.165) is 37.8 Å². The van der Waals surface area contributed by atoms with Gasteiger partial charge in [-0.1, -0.05) is 103 Å². The van der Waals surface area contributed by atoms with E-state index in [4.69, 9.17) is 4.98 Å². The van der Waals surface area contributed by atoms with E-state index in [9.17, 15) is 9.90 Å². The molecule has 1 N–H and O–H groups in total. The van der Waals surface area contributed by atoms with Gasteiger partial charge in [-0.25, -0.2) is 0 Å². The molecule has 0 atom stereocenters. The first-order chi connectivity index (χ1) is 22.5. The SMILES string of the molecule is CCC(CC)C(=O)/C=C(\O)C(CC)CC.Cc1[c-]n2c3nccc4c5ccc(CC(C)(C)C)cc5cc(c43)n3c4ccccc4c1c23.[Ir]. The van der Waals surface area contributed by atoms with Gasteiger partial charge >= 0.3 is 0 Å². The molecule has 4 heterocycles. The van der Waals surface area contributed by atoms with E-state index in [1.54, 1.807) is 0 Å². The quantitative estimate of drug-likeness (QED) is 0.0546. The Morgan fingerprint density at radius 1 is 0.875 bits per heavy atom. The fourth-order valence-corrected chi connectivity index (χ4v) is 7.45. The van der Waals surface area contributed by atoms with E-state index in [2.05, 4.69) is 97.3 Å². The van der Waals surface area contributed by atoms with Crippen molar-refractivity contribution in [3.05, 3.63) is 90.0 Å². The Hall–Kier alpha value is -3.73. The summed E-state index contributed by atoms with van der Waals surface area (Å²) in [4.78, 5) is 16.6. The fourth-order valence-electron chi connectivity index (χ4n) is 7.45. The van der Waals surface area contributed by atoms with Gasteiger partial charge in [0.1, 0.15) is 0 Å². The molecule has 7 aromatic rings. The number of carbonyl (C=O) groups excluding carboxylic acids is 1. The van der Waals surface area contributed by atoms with Crippen LogP contribution in [0.15, 0.2) is 72.6 Å². The van der Waals surface area contributed by atoms with Crippen molar-refractivity contribution in [2.24, 2.45) is 17.3 Å². The van der Waals surface area contributed by atoms with Crippen LogP contribution in [-0.4, -0.2) is 24.7 Å². The van der Waals surface area contributed by atoms with Crippen molar-refractivity contribution in [3.63, 3.8) is 0 Å². The molecule has 0 bridgehead atoms. The maximum atomic E-state index is 11.7. The van der Waals surface area contributed by atoms with E-state index >= 15 is 0 Å². The van der Waals surface area contributed by atoms with Gasteiger partial charge in [0.05, 0.1) is 11.4 Å². The number of pyridine rings is 1. The minimum Gasteiger partial charge on any atom is -0.512 e. The van der Waals surface area contributed by atoms with Gasteiger partial charge in [0.15, 0.2) is 5.78 Å². The molecule has 0 saturated carbocycles. The van der Waals surface area contributed by atoms with Crippen molar-refractivity contribution >= 4 is 60.4 Å². The molecule has 0 fully saturated rings. The molecular weight excluding hydrogens is 771 g/mol. The molecule has 6 heteroatoms. The topological polar surface area (TPSA) is 59.0 Å². The summed E-state index contributed by atoms with van der Waals surface area (Å²) in [5.74, 6) is 0.547. The summed E-state index contributed by atoms with van der Waals surface area (Å²) in [5, 5.41) is 17.3. The summed E-state index contributed by atoms with van der Waals surface area (Å²) < 4.78 is 4.58. The van der Waals surface area contributed by atoms with E-state index in [0.29, 0.717) is 0 Å². The largest absolute Gasteiger partial charge is 0.512 e. The van der Waals surface area contributed by atoms with Crippen molar-refractivity contribution in [2.75, 3.05) is 0 Å². The Bertz CT molecular complexity index is 2260. The predicted molar refractivity (Wildman–Crippen MR) is 198 cm³/mol. The van der Waals surface area contributed by atoms with Crippen molar-refractivity contribution in [1.82, 2.24) is 13.8 Å². The molecule has 0 unspecified atom stereocenters. The number of aliphatic hydroxyl groups excluding tert-OH is 1. The van der Waals surface area contributed by atoms with E-state index in [1.807, 2.05) is 33.9 Å². The Balaban J connectivity index is 0.000000243. The van der Waals surface area contributed by atoms with Crippen molar-refractivity contribution in [3.8, 4) is 0 Å². The van der Waals surface area contributed by atoms with Gasteiger partial charge in [0, 0.05) is 66.3 Å². The predicted octanol–water partition coefficient (Wildman–Crippen LogP) is 11.2. The van der Waals surface area contributed by atoms with Gasteiger partial charge in [-0.3, -0.25) is 9.78 Å². The number of aromatic nitrogens is 3. The molecule has 0 aliphatic rings. The number of rotatable bonds is 8. The standard InChI is InChI=1S/C29H24N3.C13H24O2.Ir/c1-17-16-31-27-26-21(11-12-30-27)20-10-9-18(15-29(2,3)4)13-19(20)14-24(26)32-23-8-6-5-7-22(23)25(17)28(31)32;1-5-10(6-2)12(14)9-13(15)11(7-3)8-4;/h5-14H,15H2,1-4H3;9-11,14H,5-8H2,1-4H3;/q-1;;/b;12-9-;. The van der Waals surface area contributed by atoms with E-state index in [1.165, 1.54) is 66.2 Å². The van der Waals surface area contributed by atoms with E-state index in [-0.39, 0.29) is 48.9 Å². The zero-order chi connectivity index (χ0) is 33.6. The molecule has 253 valence electrons. The van der Waals surface area contributed by atoms with Gasteiger partial charge in [-0.2, -0.15) is 0 Å². The minimum atomic E-state index is 0. The summed E-state index contributed by atoms with van der Waals surface area (Å²) in [7, 11) is 0. The number of aryl methyl sites for hydroxylation is 1. The number of ketones is 1. The summed E-state index contributed by atoms with van der Waals surface area (Å²) in [5.41, 5.74) is 7.41. The van der Waals surface area contributed by atoms with Crippen molar-refractivity contribution in [1.29, 1.82) is 0 Å². The second-order valence-corrected chi connectivity index (χ2v) is 14.4. The fraction of sp³-hybridized carbons (Fsp3) is 0.381. The first-order valence-corrected chi connectivity index (χ1v) is 17.3. The average Bonchev–Trinajstić information content (AvgIpc) is 3.57. The van der Waals surface area contributed by atoms with Crippen LogP contribution in [0.1, 0.15) is 85.3 Å². The normalized spacial score (nSPS) is 12.7. The molecule has 7 rings (SSSR count). The van der Waals surface area contributed by atoms with Crippen LogP contribution in [0.2, 0.25) is 0 Å². The number of carbonyl (C=O) groups is 1. The number of aliphatic hydroxyl groups is 1. The second-order valence-electron chi connectivity index (χ2n) is 14.4. The third kappa shape index (κ3) is 6.26. The van der Waals surface area contributed by atoms with Crippen molar-refractivity contribution < 1.29 is 30.0 Å². The van der Waals surface area contributed by atoms with Gasteiger partial charge in [0.2, 0.25) is 0 Å². The Morgan fingerprint density at radius 2 is 1.56 bits per heavy atom. The molecule has 3 aromatic carbocycles. The van der Waals surface area contributed by atoms with Crippen molar-refractivity contribution in [2.45, 2.75) is 87.5 Å². The monoisotopic (exact) mass is 819 g/mol. The second kappa shape index (κ2) is 14.0. The number of hydrogen-bond donors (Lipinski definition) is 1. The van der Waals surface area contributed by atoms with Crippen LogP contribution in [0.4, 0.5) is 0 Å². The van der Waals surface area contributed by atoms with Crippen LogP contribution in [0.3, 0.4) is 0 Å². The smallest absolute Gasteiger partial charge is 0.162 e. The molecule has 5 nitrogen and oxygen atoms in total. The van der Waals surface area contributed by atoms with Crippen LogP contribution in [0, 0.1) is 30.4 Å². The number of para-hydroxylation sites is 1. The van der Waals surface area contributed by atoms with Gasteiger partial charge in [-0.05, 0) is 82.8 Å². The van der Waals surface area contributed by atoms with Crippen LogP contribution in [0.25, 0.3) is 54.6 Å². The first-order valence-electron chi connectivity index (χ1n) is 17.3. The molecule has 0 spiro atoms. The van der Waals surface area contributed by atoms with E-state index < -0.39 is 0 Å². The van der Waals surface area contributed by atoms with Crippen LogP contribution < -0.4 is 0 Å². The zero-order valence-electron chi connectivity index (χ0n) is 29.6.